The van der Waals surface area contributed by atoms with Crippen LogP contribution in [-0.4, -0.2) is 5.78 Å². The zero-order valence-corrected chi connectivity index (χ0v) is 14.8. The Labute approximate surface area is 133 Å². The molecular formula is C20H38O. The molecule has 1 saturated carbocycles. The van der Waals surface area contributed by atoms with Crippen LogP contribution in [0.3, 0.4) is 0 Å². The Morgan fingerprint density at radius 2 is 1.38 bits per heavy atom. The lowest BCUT2D eigenvalue weighted by atomic mass is 9.75. The van der Waals surface area contributed by atoms with Crippen molar-refractivity contribution in [1.82, 2.24) is 0 Å². The number of carbonyl (C=O) groups excluding carboxylic acids is 1. The Kier molecular flexibility index (Phi) is 10.0. The molecule has 0 aliphatic heterocycles. The molecule has 0 atom stereocenters. The lowest BCUT2D eigenvalue weighted by molar-refractivity contribution is -0.124. The second kappa shape index (κ2) is 11.3. The smallest absolute Gasteiger partial charge is 0.135 e. The summed E-state index contributed by atoms with van der Waals surface area (Å²) in [5.41, 5.74) is 0. The van der Waals surface area contributed by atoms with Crippen LogP contribution in [0.4, 0.5) is 0 Å². The van der Waals surface area contributed by atoms with E-state index in [1.807, 2.05) is 0 Å². The van der Waals surface area contributed by atoms with E-state index in [-0.39, 0.29) is 0 Å². The molecule has 0 amide bonds. The fourth-order valence-electron chi connectivity index (χ4n) is 3.75. The highest BCUT2D eigenvalue weighted by Crippen LogP contribution is 2.34. The molecule has 0 spiro atoms. The summed E-state index contributed by atoms with van der Waals surface area (Å²) in [6, 6.07) is 0. The molecule has 0 bridgehead atoms. The normalized spacial score (nSPS) is 22.7. The minimum absolute atomic E-state index is 0.407. The summed E-state index contributed by atoms with van der Waals surface area (Å²) in [7, 11) is 0. The largest absolute Gasteiger partial charge is 0.299 e. The van der Waals surface area contributed by atoms with Gasteiger partial charge in [-0.2, -0.15) is 0 Å². The molecular weight excluding hydrogens is 256 g/mol. The van der Waals surface area contributed by atoms with Gasteiger partial charge < -0.3 is 0 Å². The number of carbonyl (C=O) groups is 1. The summed E-state index contributed by atoms with van der Waals surface area (Å²) < 4.78 is 0. The average molecular weight is 295 g/mol. The predicted octanol–water partition coefficient (Wildman–Crippen LogP) is 6.55. The standard InChI is InChI=1S/C20H38O/c1-4-5-6-7-8-9-10-11-12-20(21)19-15-13-18(14-16-19)17(2)3/h17-19H,4-16H2,1-3H3. The third-order valence-electron chi connectivity index (χ3n) is 5.45. The molecule has 1 heteroatoms. The number of Topliss-reactive ketones (excluding diaryl/α,β-unsaturated/α-hetero) is 1. The summed E-state index contributed by atoms with van der Waals surface area (Å²) >= 11 is 0. The number of hydrogen-bond acceptors (Lipinski definition) is 1. The molecule has 0 N–H and O–H groups in total. The maximum Gasteiger partial charge on any atom is 0.135 e. The summed E-state index contributed by atoms with van der Waals surface area (Å²) in [5.74, 6) is 2.65. The van der Waals surface area contributed by atoms with E-state index in [2.05, 4.69) is 20.8 Å². The topological polar surface area (TPSA) is 17.1 Å². The Hall–Kier alpha value is -0.330. The Morgan fingerprint density at radius 3 is 1.90 bits per heavy atom. The van der Waals surface area contributed by atoms with Gasteiger partial charge in [-0.05, 0) is 43.9 Å². The van der Waals surface area contributed by atoms with E-state index in [4.69, 9.17) is 0 Å². The van der Waals surface area contributed by atoms with Crippen LogP contribution in [0.5, 0.6) is 0 Å². The molecule has 0 aromatic carbocycles. The monoisotopic (exact) mass is 294 g/mol. The fraction of sp³-hybridized carbons (Fsp3) is 0.950. The zero-order chi connectivity index (χ0) is 15.5. The van der Waals surface area contributed by atoms with Crippen LogP contribution < -0.4 is 0 Å². The zero-order valence-electron chi connectivity index (χ0n) is 14.8. The second-order valence-electron chi connectivity index (χ2n) is 7.55. The summed E-state index contributed by atoms with van der Waals surface area (Å²) in [6.07, 6.45) is 16.3. The third kappa shape index (κ3) is 8.02. The van der Waals surface area contributed by atoms with Crippen LogP contribution >= 0.6 is 0 Å². The van der Waals surface area contributed by atoms with Crippen molar-refractivity contribution in [3.8, 4) is 0 Å². The lowest BCUT2D eigenvalue weighted by Gasteiger charge is -2.30. The van der Waals surface area contributed by atoms with Crippen molar-refractivity contribution in [3.05, 3.63) is 0 Å². The highest BCUT2D eigenvalue weighted by atomic mass is 16.1. The maximum atomic E-state index is 12.2. The first kappa shape index (κ1) is 18.7. The fourth-order valence-corrected chi connectivity index (χ4v) is 3.75. The van der Waals surface area contributed by atoms with Crippen LogP contribution in [0, 0.1) is 17.8 Å². The molecule has 1 fully saturated rings. The van der Waals surface area contributed by atoms with E-state index >= 15 is 0 Å². The first-order chi connectivity index (χ1) is 10.1. The van der Waals surface area contributed by atoms with Gasteiger partial charge >= 0.3 is 0 Å². The Balaban J connectivity index is 1.99. The first-order valence-corrected chi connectivity index (χ1v) is 9.67. The van der Waals surface area contributed by atoms with Gasteiger partial charge in [0.1, 0.15) is 5.78 Å². The minimum atomic E-state index is 0.407. The molecule has 124 valence electrons. The molecule has 0 aromatic heterocycles. The van der Waals surface area contributed by atoms with E-state index in [0.29, 0.717) is 11.7 Å². The SMILES string of the molecule is CCCCCCCCCCC(=O)C1CCC(C(C)C)CC1. The maximum absolute atomic E-state index is 12.2. The van der Waals surface area contributed by atoms with Crippen LogP contribution in [0.15, 0.2) is 0 Å². The van der Waals surface area contributed by atoms with Gasteiger partial charge in [0.25, 0.3) is 0 Å². The van der Waals surface area contributed by atoms with Crippen molar-refractivity contribution in [3.63, 3.8) is 0 Å². The Morgan fingerprint density at radius 1 is 0.857 bits per heavy atom. The second-order valence-corrected chi connectivity index (χ2v) is 7.55. The van der Waals surface area contributed by atoms with Crippen molar-refractivity contribution in [2.45, 2.75) is 104 Å². The number of hydrogen-bond donors (Lipinski definition) is 0. The van der Waals surface area contributed by atoms with Gasteiger partial charge in [-0.25, -0.2) is 0 Å². The third-order valence-corrected chi connectivity index (χ3v) is 5.45. The number of unbranched alkanes of at least 4 members (excludes halogenated alkanes) is 7. The van der Waals surface area contributed by atoms with Crippen LogP contribution in [0.1, 0.15) is 104 Å². The number of rotatable bonds is 11. The van der Waals surface area contributed by atoms with Crippen molar-refractivity contribution >= 4 is 5.78 Å². The van der Waals surface area contributed by atoms with Gasteiger partial charge in [0, 0.05) is 12.3 Å². The molecule has 0 heterocycles. The molecule has 0 radical (unpaired) electrons. The molecule has 1 aliphatic rings. The van der Waals surface area contributed by atoms with E-state index in [9.17, 15) is 4.79 Å². The molecule has 0 aromatic rings. The van der Waals surface area contributed by atoms with Crippen molar-refractivity contribution in [1.29, 1.82) is 0 Å². The molecule has 21 heavy (non-hydrogen) atoms. The van der Waals surface area contributed by atoms with Gasteiger partial charge in [-0.1, -0.05) is 65.7 Å². The van der Waals surface area contributed by atoms with Crippen molar-refractivity contribution in [2.24, 2.45) is 17.8 Å². The van der Waals surface area contributed by atoms with Crippen LogP contribution in [0.25, 0.3) is 0 Å². The Bertz CT molecular complexity index is 261. The summed E-state index contributed by atoms with van der Waals surface area (Å²) in [5, 5.41) is 0. The van der Waals surface area contributed by atoms with Crippen LogP contribution in [-0.2, 0) is 4.79 Å². The van der Waals surface area contributed by atoms with Crippen molar-refractivity contribution < 1.29 is 4.79 Å². The van der Waals surface area contributed by atoms with Gasteiger partial charge in [0.15, 0.2) is 0 Å². The predicted molar refractivity (Wildman–Crippen MR) is 92.5 cm³/mol. The molecule has 1 aliphatic carbocycles. The highest BCUT2D eigenvalue weighted by Gasteiger charge is 2.26. The quantitative estimate of drug-likeness (QED) is 0.395. The van der Waals surface area contributed by atoms with Gasteiger partial charge in [0.05, 0.1) is 0 Å². The first-order valence-electron chi connectivity index (χ1n) is 9.67. The lowest BCUT2D eigenvalue weighted by Crippen LogP contribution is -2.24. The van der Waals surface area contributed by atoms with E-state index in [1.165, 1.54) is 70.6 Å². The molecule has 0 unspecified atom stereocenters. The highest BCUT2D eigenvalue weighted by molar-refractivity contribution is 5.81. The molecule has 1 rings (SSSR count). The van der Waals surface area contributed by atoms with Crippen molar-refractivity contribution in [2.75, 3.05) is 0 Å². The van der Waals surface area contributed by atoms with E-state index in [1.54, 1.807) is 0 Å². The van der Waals surface area contributed by atoms with Gasteiger partial charge in [-0.3, -0.25) is 4.79 Å². The number of ketones is 1. The summed E-state index contributed by atoms with van der Waals surface area (Å²) in [6.45, 7) is 6.92. The van der Waals surface area contributed by atoms with E-state index in [0.717, 1.165) is 24.7 Å². The van der Waals surface area contributed by atoms with Gasteiger partial charge in [0.2, 0.25) is 0 Å². The van der Waals surface area contributed by atoms with Gasteiger partial charge in [-0.15, -0.1) is 0 Å². The van der Waals surface area contributed by atoms with Crippen LogP contribution in [0.2, 0.25) is 0 Å². The average Bonchev–Trinajstić information content (AvgIpc) is 2.49. The van der Waals surface area contributed by atoms with E-state index < -0.39 is 0 Å². The minimum Gasteiger partial charge on any atom is -0.299 e. The molecule has 0 saturated heterocycles. The molecule has 1 nitrogen and oxygen atoms in total. The summed E-state index contributed by atoms with van der Waals surface area (Å²) in [4.78, 5) is 12.2.